The molecule has 142 valence electrons. The molecule has 0 saturated carbocycles. The van der Waals surface area contributed by atoms with Crippen molar-refractivity contribution in [2.45, 2.75) is 19.6 Å². The standard InChI is InChI=1S/C16H11Cl3F2N4O2/c1-6(14-23-7-4-2-3-5-8(7)25(14)16(20)21)27-15(26)12-9(17)11(22)10(18)13(19)24-12/h2-6,16H,1H3,(H2,22,24)/t6-/m0/s1. The van der Waals surface area contributed by atoms with Gasteiger partial charge in [0.15, 0.2) is 22.8 Å². The molecule has 2 N–H and O–H groups in total. The first-order chi connectivity index (χ1) is 12.7. The summed E-state index contributed by atoms with van der Waals surface area (Å²) in [5, 5.41) is -0.590. The molecule has 1 atom stereocenters. The van der Waals surface area contributed by atoms with Crippen LogP contribution >= 0.6 is 34.8 Å². The van der Waals surface area contributed by atoms with Gasteiger partial charge >= 0.3 is 12.5 Å². The molecular weight excluding hydrogens is 425 g/mol. The monoisotopic (exact) mass is 434 g/mol. The number of alkyl halides is 2. The van der Waals surface area contributed by atoms with Crippen molar-refractivity contribution >= 4 is 57.5 Å². The molecule has 0 radical (unpaired) electrons. The summed E-state index contributed by atoms with van der Waals surface area (Å²) >= 11 is 17.6. The average Bonchev–Trinajstić information content (AvgIpc) is 3.02. The van der Waals surface area contributed by atoms with Crippen LogP contribution in [0.15, 0.2) is 24.3 Å². The maximum atomic E-state index is 13.5. The quantitative estimate of drug-likeness (QED) is 0.445. The Morgan fingerprint density at radius 2 is 1.85 bits per heavy atom. The molecule has 2 aromatic heterocycles. The number of halogens is 5. The summed E-state index contributed by atoms with van der Waals surface area (Å²) < 4.78 is 33.0. The van der Waals surface area contributed by atoms with Crippen LogP contribution in [0.1, 0.15) is 35.9 Å². The van der Waals surface area contributed by atoms with E-state index in [2.05, 4.69) is 9.97 Å². The van der Waals surface area contributed by atoms with Crippen molar-refractivity contribution in [1.29, 1.82) is 0 Å². The molecule has 0 aliphatic heterocycles. The zero-order chi connectivity index (χ0) is 19.9. The average molecular weight is 436 g/mol. The molecule has 11 heteroatoms. The Labute approximate surface area is 166 Å². The number of ether oxygens (including phenoxy) is 1. The molecule has 0 spiro atoms. The number of anilines is 1. The summed E-state index contributed by atoms with van der Waals surface area (Å²) in [6, 6.07) is 6.33. The Morgan fingerprint density at radius 3 is 2.52 bits per heavy atom. The Hall–Kier alpha value is -2.16. The molecule has 3 rings (SSSR count). The number of nitrogens with zero attached hydrogens (tertiary/aromatic N) is 3. The van der Waals surface area contributed by atoms with Gasteiger partial charge in [-0.15, -0.1) is 0 Å². The number of esters is 1. The Morgan fingerprint density at radius 1 is 1.19 bits per heavy atom. The number of rotatable bonds is 4. The predicted octanol–water partition coefficient (Wildman–Crippen LogP) is 5.29. The Bertz CT molecular complexity index is 1040. The SMILES string of the molecule is C[C@H](OC(=O)c1nc(Cl)c(Cl)c(N)c1Cl)c1nc2ccccc2n1C(F)F. The van der Waals surface area contributed by atoms with Crippen LogP contribution in [0.3, 0.4) is 0 Å². The highest BCUT2D eigenvalue weighted by molar-refractivity contribution is 6.46. The summed E-state index contributed by atoms with van der Waals surface area (Å²) in [5.74, 6) is -1.14. The van der Waals surface area contributed by atoms with Gasteiger partial charge in [0.2, 0.25) is 0 Å². The minimum atomic E-state index is -2.88. The van der Waals surface area contributed by atoms with Crippen molar-refractivity contribution in [2.75, 3.05) is 5.73 Å². The van der Waals surface area contributed by atoms with E-state index in [1.807, 2.05) is 0 Å². The van der Waals surface area contributed by atoms with E-state index in [-0.39, 0.29) is 37.9 Å². The van der Waals surface area contributed by atoms with Crippen molar-refractivity contribution < 1.29 is 18.3 Å². The van der Waals surface area contributed by atoms with E-state index >= 15 is 0 Å². The predicted molar refractivity (Wildman–Crippen MR) is 98.5 cm³/mol. The van der Waals surface area contributed by atoms with Gasteiger partial charge in [-0.1, -0.05) is 46.9 Å². The summed E-state index contributed by atoms with van der Waals surface area (Å²) in [5.41, 5.74) is 5.69. The van der Waals surface area contributed by atoms with E-state index in [9.17, 15) is 13.6 Å². The van der Waals surface area contributed by atoms with Crippen molar-refractivity contribution in [1.82, 2.24) is 14.5 Å². The van der Waals surface area contributed by atoms with Gasteiger partial charge in [-0.05, 0) is 19.1 Å². The smallest absolute Gasteiger partial charge is 0.359 e. The molecule has 0 amide bonds. The molecule has 0 aliphatic carbocycles. The van der Waals surface area contributed by atoms with Gasteiger partial charge in [-0.25, -0.2) is 14.8 Å². The van der Waals surface area contributed by atoms with E-state index in [0.29, 0.717) is 10.1 Å². The van der Waals surface area contributed by atoms with Crippen LogP contribution in [0, 0.1) is 0 Å². The molecule has 3 aromatic rings. The lowest BCUT2D eigenvalue weighted by Gasteiger charge is -2.16. The van der Waals surface area contributed by atoms with E-state index in [4.69, 9.17) is 45.3 Å². The van der Waals surface area contributed by atoms with Crippen LogP contribution < -0.4 is 5.73 Å². The summed E-state index contributed by atoms with van der Waals surface area (Å²) in [6.07, 6.45) is -1.13. The molecule has 0 saturated heterocycles. The second kappa shape index (κ2) is 7.46. The van der Waals surface area contributed by atoms with Crippen molar-refractivity contribution in [2.24, 2.45) is 0 Å². The fourth-order valence-corrected chi connectivity index (χ4v) is 3.08. The molecule has 6 nitrogen and oxygen atoms in total. The highest BCUT2D eigenvalue weighted by Crippen LogP contribution is 2.35. The van der Waals surface area contributed by atoms with Crippen LogP contribution in [-0.4, -0.2) is 20.5 Å². The highest BCUT2D eigenvalue weighted by atomic mass is 35.5. The van der Waals surface area contributed by atoms with E-state index in [0.717, 1.165) is 0 Å². The van der Waals surface area contributed by atoms with E-state index in [1.54, 1.807) is 18.2 Å². The molecule has 0 aliphatic rings. The number of carbonyl (C=O) groups excluding carboxylic acids is 1. The third-order valence-electron chi connectivity index (χ3n) is 3.73. The number of hydrogen-bond acceptors (Lipinski definition) is 5. The van der Waals surface area contributed by atoms with Gasteiger partial charge in [0, 0.05) is 0 Å². The van der Waals surface area contributed by atoms with Crippen LogP contribution in [0.4, 0.5) is 14.5 Å². The molecule has 2 heterocycles. The second-order valence-corrected chi connectivity index (χ2v) is 6.56. The summed E-state index contributed by atoms with van der Waals surface area (Å²) in [6.45, 7) is -1.48. The van der Waals surface area contributed by atoms with Gasteiger partial charge in [-0.3, -0.25) is 4.57 Å². The molecule has 0 fully saturated rings. The van der Waals surface area contributed by atoms with Crippen LogP contribution in [0.2, 0.25) is 15.2 Å². The summed E-state index contributed by atoms with van der Waals surface area (Å²) in [4.78, 5) is 20.3. The molecule has 0 bridgehead atoms. The number of pyridine rings is 1. The normalized spacial score (nSPS) is 12.6. The number of hydrogen-bond donors (Lipinski definition) is 1. The zero-order valence-corrected chi connectivity index (χ0v) is 15.9. The maximum Gasteiger partial charge on any atom is 0.359 e. The largest absolute Gasteiger partial charge is 0.450 e. The van der Waals surface area contributed by atoms with Crippen LogP contribution in [0.25, 0.3) is 11.0 Å². The molecule has 1 aromatic carbocycles. The lowest BCUT2D eigenvalue weighted by Crippen LogP contribution is -2.16. The van der Waals surface area contributed by atoms with Gasteiger partial charge < -0.3 is 10.5 Å². The van der Waals surface area contributed by atoms with Crippen LogP contribution in [-0.2, 0) is 4.74 Å². The summed E-state index contributed by atoms with van der Waals surface area (Å²) in [7, 11) is 0. The van der Waals surface area contributed by atoms with Crippen molar-refractivity contribution in [3.63, 3.8) is 0 Å². The fourth-order valence-electron chi connectivity index (χ4n) is 2.49. The van der Waals surface area contributed by atoms with Crippen molar-refractivity contribution in [3.05, 3.63) is 51.0 Å². The van der Waals surface area contributed by atoms with Gasteiger partial charge in [0.05, 0.1) is 21.7 Å². The fraction of sp³-hybridized carbons (Fsp3) is 0.188. The molecule has 0 unspecified atom stereocenters. The second-order valence-electron chi connectivity index (χ2n) is 5.45. The number of aromatic nitrogens is 3. The molecule has 27 heavy (non-hydrogen) atoms. The minimum absolute atomic E-state index is 0.106. The third kappa shape index (κ3) is 3.52. The van der Waals surface area contributed by atoms with Gasteiger partial charge in [0.1, 0.15) is 5.02 Å². The van der Waals surface area contributed by atoms with Gasteiger partial charge in [0.25, 0.3) is 0 Å². The first-order valence-electron chi connectivity index (χ1n) is 7.48. The molecular formula is C16H11Cl3F2N4O2. The minimum Gasteiger partial charge on any atom is -0.450 e. The topological polar surface area (TPSA) is 83.0 Å². The number of carbonyl (C=O) groups is 1. The Balaban J connectivity index is 1.97. The number of nitrogen functional groups attached to an aromatic ring is 1. The number of fused-ring (bicyclic) bond motifs is 1. The van der Waals surface area contributed by atoms with Crippen LogP contribution in [0.5, 0.6) is 0 Å². The highest BCUT2D eigenvalue weighted by Gasteiger charge is 2.27. The van der Waals surface area contributed by atoms with E-state index in [1.165, 1.54) is 13.0 Å². The van der Waals surface area contributed by atoms with Crippen molar-refractivity contribution in [3.8, 4) is 0 Å². The first-order valence-corrected chi connectivity index (χ1v) is 8.61. The maximum absolute atomic E-state index is 13.5. The first kappa shape index (κ1) is 19.6. The van der Waals surface area contributed by atoms with E-state index < -0.39 is 18.6 Å². The number of imidazole rings is 1. The Kier molecular flexibility index (Phi) is 5.41. The lowest BCUT2D eigenvalue weighted by molar-refractivity contribution is 0.0227. The number of nitrogens with two attached hydrogens (primary N) is 1. The van der Waals surface area contributed by atoms with Gasteiger partial charge in [-0.2, -0.15) is 8.78 Å². The third-order valence-corrected chi connectivity index (χ3v) is 4.87. The number of benzene rings is 1. The lowest BCUT2D eigenvalue weighted by atomic mass is 10.3. The zero-order valence-electron chi connectivity index (χ0n) is 13.6. The number of para-hydroxylation sites is 2.